The number of halogens is 1. The fourth-order valence-corrected chi connectivity index (χ4v) is 2.42. The van der Waals surface area contributed by atoms with Gasteiger partial charge in [0.15, 0.2) is 0 Å². The Labute approximate surface area is 95.5 Å². The van der Waals surface area contributed by atoms with E-state index in [2.05, 4.69) is 5.32 Å². The number of hydrogen-bond acceptors (Lipinski definition) is 2. The Bertz CT molecular complexity index is 361. The molecule has 1 aliphatic carbocycles. The Morgan fingerprint density at radius 2 is 2.06 bits per heavy atom. The lowest BCUT2D eigenvalue weighted by atomic mass is 10.1. The molecule has 0 heterocycles. The third kappa shape index (κ3) is 2.53. The zero-order valence-electron chi connectivity index (χ0n) is 9.54. The van der Waals surface area contributed by atoms with E-state index in [1.165, 1.54) is 37.8 Å². The van der Waals surface area contributed by atoms with Gasteiger partial charge >= 0.3 is 0 Å². The summed E-state index contributed by atoms with van der Waals surface area (Å²) in [5, 5.41) is 13.1. The molecule has 1 saturated carbocycles. The molecular formula is C13H18FNO. The van der Waals surface area contributed by atoms with E-state index in [0.29, 0.717) is 6.04 Å². The molecule has 1 aliphatic rings. The molecular weight excluding hydrogens is 205 g/mol. The number of aromatic hydroxyl groups is 1. The Kier molecular flexibility index (Phi) is 3.44. The van der Waals surface area contributed by atoms with Crippen LogP contribution in [0.25, 0.3) is 0 Å². The lowest BCUT2D eigenvalue weighted by molar-refractivity contribution is 0.423. The summed E-state index contributed by atoms with van der Waals surface area (Å²) in [6.07, 6.45) is 4.96. The monoisotopic (exact) mass is 223 g/mol. The van der Waals surface area contributed by atoms with E-state index in [4.69, 9.17) is 0 Å². The van der Waals surface area contributed by atoms with E-state index in [9.17, 15) is 9.50 Å². The molecule has 2 nitrogen and oxygen atoms in total. The van der Waals surface area contributed by atoms with Crippen molar-refractivity contribution in [3.8, 4) is 5.75 Å². The summed E-state index contributed by atoms with van der Waals surface area (Å²) in [6.45, 7) is 2.01. The van der Waals surface area contributed by atoms with Crippen molar-refractivity contribution in [3.63, 3.8) is 0 Å². The van der Waals surface area contributed by atoms with Gasteiger partial charge in [-0.3, -0.25) is 0 Å². The van der Waals surface area contributed by atoms with Gasteiger partial charge in [-0.05, 0) is 25.8 Å². The highest BCUT2D eigenvalue weighted by atomic mass is 19.1. The largest absolute Gasteiger partial charge is 0.508 e. The summed E-state index contributed by atoms with van der Waals surface area (Å²) in [6, 6.07) is 4.82. The number of benzene rings is 1. The molecule has 0 radical (unpaired) electrons. The minimum atomic E-state index is -0.394. The third-order valence-electron chi connectivity index (χ3n) is 3.30. The molecule has 2 rings (SSSR count). The number of hydrogen-bond donors (Lipinski definition) is 2. The van der Waals surface area contributed by atoms with Crippen molar-refractivity contribution >= 4 is 0 Å². The minimum absolute atomic E-state index is 0.0398. The van der Waals surface area contributed by atoms with Crippen LogP contribution in [0.3, 0.4) is 0 Å². The highest BCUT2D eigenvalue weighted by Crippen LogP contribution is 2.27. The Morgan fingerprint density at radius 1 is 1.38 bits per heavy atom. The molecule has 1 aromatic carbocycles. The average Bonchev–Trinajstić information content (AvgIpc) is 2.70. The summed E-state index contributed by atoms with van der Waals surface area (Å²) in [5.41, 5.74) is 0.772. The summed E-state index contributed by atoms with van der Waals surface area (Å²) < 4.78 is 12.8. The van der Waals surface area contributed by atoms with Crippen LogP contribution in [-0.4, -0.2) is 11.1 Å². The summed E-state index contributed by atoms with van der Waals surface area (Å²) in [5.74, 6) is -0.354. The number of phenolic OH excluding ortho intramolecular Hbond substituents is 1. The lowest BCUT2D eigenvalue weighted by Gasteiger charge is -2.20. The molecule has 16 heavy (non-hydrogen) atoms. The van der Waals surface area contributed by atoms with Crippen LogP contribution in [0, 0.1) is 5.82 Å². The van der Waals surface area contributed by atoms with Crippen molar-refractivity contribution in [1.29, 1.82) is 0 Å². The smallest absolute Gasteiger partial charge is 0.126 e. The molecule has 1 atom stereocenters. The van der Waals surface area contributed by atoms with Crippen LogP contribution in [-0.2, 0) is 0 Å². The molecule has 0 amide bonds. The van der Waals surface area contributed by atoms with Crippen LogP contribution in [0.1, 0.15) is 44.2 Å². The maximum Gasteiger partial charge on any atom is 0.126 e. The van der Waals surface area contributed by atoms with Gasteiger partial charge < -0.3 is 10.4 Å². The van der Waals surface area contributed by atoms with Gasteiger partial charge in [0.2, 0.25) is 0 Å². The lowest BCUT2D eigenvalue weighted by Crippen LogP contribution is -2.28. The van der Waals surface area contributed by atoms with Crippen LogP contribution in [0.2, 0.25) is 0 Å². The van der Waals surface area contributed by atoms with Crippen LogP contribution >= 0.6 is 0 Å². The van der Waals surface area contributed by atoms with Crippen molar-refractivity contribution < 1.29 is 9.50 Å². The van der Waals surface area contributed by atoms with Gasteiger partial charge in [-0.15, -0.1) is 0 Å². The predicted octanol–water partition coefficient (Wildman–Crippen LogP) is 3.12. The summed E-state index contributed by atoms with van der Waals surface area (Å²) >= 11 is 0. The molecule has 0 spiro atoms. The fourth-order valence-electron chi connectivity index (χ4n) is 2.42. The standard InChI is InChI=1S/C13H18FNO/c1-9(15-11-4-2-3-5-11)12-7-6-10(14)8-13(12)16/h6-9,11,15-16H,2-5H2,1H3. The third-order valence-corrected chi connectivity index (χ3v) is 3.30. The van der Waals surface area contributed by atoms with Crippen molar-refractivity contribution in [2.24, 2.45) is 0 Å². The van der Waals surface area contributed by atoms with Gasteiger partial charge in [0.25, 0.3) is 0 Å². The quantitative estimate of drug-likeness (QED) is 0.825. The second kappa shape index (κ2) is 4.83. The highest BCUT2D eigenvalue weighted by Gasteiger charge is 2.19. The Hall–Kier alpha value is -1.09. The topological polar surface area (TPSA) is 32.3 Å². The molecule has 0 aliphatic heterocycles. The summed E-state index contributed by atoms with van der Waals surface area (Å²) in [7, 11) is 0. The van der Waals surface area contributed by atoms with Crippen LogP contribution < -0.4 is 5.32 Å². The van der Waals surface area contributed by atoms with Gasteiger partial charge in [0, 0.05) is 23.7 Å². The predicted molar refractivity (Wildman–Crippen MR) is 61.9 cm³/mol. The molecule has 3 heteroatoms. The van der Waals surface area contributed by atoms with Crippen molar-refractivity contribution in [1.82, 2.24) is 5.32 Å². The maximum absolute atomic E-state index is 12.8. The first-order valence-corrected chi connectivity index (χ1v) is 5.91. The molecule has 1 aromatic rings. The van der Waals surface area contributed by atoms with Crippen molar-refractivity contribution in [2.75, 3.05) is 0 Å². The average molecular weight is 223 g/mol. The van der Waals surface area contributed by atoms with E-state index >= 15 is 0 Å². The van der Waals surface area contributed by atoms with Crippen LogP contribution in [0.4, 0.5) is 4.39 Å². The maximum atomic E-state index is 12.8. The van der Waals surface area contributed by atoms with Crippen LogP contribution in [0.5, 0.6) is 5.75 Å². The molecule has 0 bridgehead atoms. The number of rotatable bonds is 3. The first-order valence-electron chi connectivity index (χ1n) is 5.91. The van der Waals surface area contributed by atoms with Crippen molar-refractivity contribution in [2.45, 2.75) is 44.7 Å². The highest BCUT2D eigenvalue weighted by molar-refractivity contribution is 5.34. The molecule has 0 aromatic heterocycles. The first kappa shape index (κ1) is 11.4. The van der Waals surface area contributed by atoms with E-state index in [1.54, 1.807) is 6.07 Å². The second-order valence-corrected chi connectivity index (χ2v) is 4.57. The van der Waals surface area contributed by atoms with Gasteiger partial charge in [0.05, 0.1) is 0 Å². The zero-order valence-corrected chi connectivity index (χ0v) is 9.54. The van der Waals surface area contributed by atoms with Gasteiger partial charge in [0.1, 0.15) is 11.6 Å². The molecule has 1 unspecified atom stereocenters. The van der Waals surface area contributed by atoms with E-state index in [-0.39, 0.29) is 11.8 Å². The van der Waals surface area contributed by atoms with Gasteiger partial charge in [-0.25, -0.2) is 4.39 Å². The number of nitrogens with one attached hydrogen (secondary N) is 1. The SMILES string of the molecule is CC(NC1CCCC1)c1ccc(F)cc1O. The fraction of sp³-hybridized carbons (Fsp3) is 0.538. The minimum Gasteiger partial charge on any atom is -0.508 e. The second-order valence-electron chi connectivity index (χ2n) is 4.57. The first-order chi connectivity index (χ1) is 7.66. The zero-order chi connectivity index (χ0) is 11.5. The normalized spacial score (nSPS) is 18.9. The molecule has 0 saturated heterocycles. The Balaban J connectivity index is 2.04. The van der Waals surface area contributed by atoms with Crippen molar-refractivity contribution in [3.05, 3.63) is 29.6 Å². The van der Waals surface area contributed by atoms with Gasteiger partial charge in [-0.1, -0.05) is 18.9 Å². The molecule has 1 fully saturated rings. The van der Waals surface area contributed by atoms with Crippen LogP contribution in [0.15, 0.2) is 18.2 Å². The molecule has 2 N–H and O–H groups in total. The van der Waals surface area contributed by atoms with Gasteiger partial charge in [-0.2, -0.15) is 0 Å². The van der Waals surface area contributed by atoms with E-state index < -0.39 is 5.82 Å². The van der Waals surface area contributed by atoms with E-state index in [0.717, 1.165) is 5.56 Å². The Morgan fingerprint density at radius 3 is 2.69 bits per heavy atom. The number of phenols is 1. The molecule has 88 valence electrons. The summed E-state index contributed by atoms with van der Waals surface area (Å²) in [4.78, 5) is 0. The van der Waals surface area contributed by atoms with E-state index in [1.807, 2.05) is 6.92 Å².